The van der Waals surface area contributed by atoms with Gasteiger partial charge in [-0.3, -0.25) is 14.4 Å². The summed E-state index contributed by atoms with van der Waals surface area (Å²) in [5.41, 5.74) is 2.35. The zero-order chi connectivity index (χ0) is 20.5. The first-order chi connectivity index (χ1) is 14.0. The van der Waals surface area contributed by atoms with Crippen LogP contribution in [0.15, 0.2) is 66.0 Å². The molecule has 0 radical (unpaired) electrons. The Kier molecular flexibility index (Phi) is 5.03. The summed E-state index contributed by atoms with van der Waals surface area (Å²) in [7, 11) is 1.74. The average molecular weight is 404 g/mol. The van der Waals surface area contributed by atoms with Crippen LogP contribution in [0.25, 0.3) is 0 Å². The summed E-state index contributed by atoms with van der Waals surface area (Å²) in [6, 6.07) is 17.6. The van der Waals surface area contributed by atoms with Gasteiger partial charge in [-0.2, -0.15) is 0 Å². The number of hydrogen-bond donors (Lipinski definition) is 1. The number of hydrogen-bond acceptors (Lipinski definition) is 4. The number of Topliss-reactive ketones (excluding diaryl/α,β-unsaturated/α-hetero) is 1. The van der Waals surface area contributed by atoms with Crippen LogP contribution in [-0.2, 0) is 4.79 Å². The van der Waals surface area contributed by atoms with Crippen LogP contribution in [0.4, 0.5) is 5.69 Å². The molecule has 0 unspecified atom stereocenters. The number of nitrogens with one attached hydrogen (secondary N) is 1. The fraction of sp³-hybridized carbons (Fsp3) is 0.174. The Morgan fingerprint density at radius 1 is 1.03 bits per heavy atom. The summed E-state index contributed by atoms with van der Waals surface area (Å²) in [6.45, 7) is 1.49. The molecule has 0 aliphatic carbocycles. The largest absolute Gasteiger partial charge is 0.333 e. The van der Waals surface area contributed by atoms with Crippen molar-refractivity contribution in [2.75, 3.05) is 12.4 Å². The molecule has 0 fully saturated rings. The maximum Gasteiger partial charge on any atom is 0.254 e. The van der Waals surface area contributed by atoms with Crippen molar-refractivity contribution < 1.29 is 14.4 Å². The number of anilines is 1. The van der Waals surface area contributed by atoms with Crippen LogP contribution in [0.3, 0.4) is 0 Å². The Bertz CT molecular complexity index is 1090. The Labute approximate surface area is 173 Å². The van der Waals surface area contributed by atoms with Crippen LogP contribution in [0.2, 0.25) is 0 Å². The van der Waals surface area contributed by atoms with E-state index in [9.17, 15) is 14.4 Å². The summed E-state index contributed by atoms with van der Waals surface area (Å²) < 4.78 is 0. The molecule has 5 nitrogen and oxygen atoms in total. The molecule has 2 heterocycles. The molecule has 3 aromatic rings. The lowest BCUT2D eigenvalue weighted by molar-refractivity contribution is -0.119. The van der Waals surface area contributed by atoms with Gasteiger partial charge in [0, 0.05) is 28.7 Å². The summed E-state index contributed by atoms with van der Waals surface area (Å²) in [6.07, 6.45) is 0. The van der Waals surface area contributed by atoms with Gasteiger partial charge in [-0.25, -0.2) is 0 Å². The van der Waals surface area contributed by atoms with E-state index in [0.29, 0.717) is 22.4 Å². The maximum atomic E-state index is 13.4. The summed E-state index contributed by atoms with van der Waals surface area (Å²) >= 11 is 1.53. The van der Waals surface area contributed by atoms with Crippen molar-refractivity contribution in [1.82, 2.24) is 4.90 Å². The van der Waals surface area contributed by atoms with Gasteiger partial charge in [0.05, 0.1) is 12.0 Å². The molecule has 6 heteroatoms. The molecule has 1 aromatic heterocycles. The van der Waals surface area contributed by atoms with Crippen molar-refractivity contribution in [2.24, 2.45) is 0 Å². The molecule has 2 aromatic carbocycles. The smallest absolute Gasteiger partial charge is 0.254 e. The summed E-state index contributed by atoms with van der Waals surface area (Å²) in [5, 5.41) is 4.89. The number of thiophene rings is 1. The van der Waals surface area contributed by atoms with Gasteiger partial charge in [0.25, 0.3) is 5.91 Å². The molecule has 1 N–H and O–H groups in total. The van der Waals surface area contributed by atoms with E-state index in [0.717, 1.165) is 4.88 Å². The molecule has 2 atom stereocenters. The highest BCUT2D eigenvalue weighted by atomic mass is 32.1. The lowest BCUT2D eigenvalue weighted by atomic mass is 9.81. The van der Waals surface area contributed by atoms with Crippen LogP contribution >= 0.6 is 11.3 Å². The topological polar surface area (TPSA) is 66.5 Å². The second-order valence-corrected chi connectivity index (χ2v) is 8.05. The van der Waals surface area contributed by atoms with Gasteiger partial charge in [-0.1, -0.05) is 36.4 Å². The van der Waals surface area contributed by atoms with E-state index in [-0.39, 0.29) is 17.6 Å². The molecule has 2 amide bonds. The van der Waals surface area contributed by atoms with Crippen LogP contribution in [0.1, 0.15) is 50.0 Å². The monoisotopic (exact) mass is 404 g/mol. The molecule has 0 bridgehead atoms. The highest BCUT2D eigenvalue weighted by Gasteiger charge is 2.43. The van der Waals surface area contributed by atoms with Gasteiger partial charge < -0.3 is 10.2 Å². The van der Waals surface area contributed by atoms with Gasteiger partial charge in [-0.05, 0) is 42.1 Å². The number of likely N-dealkylation sites (N-methyl/N-ethyl adjacent to an activating group) is 1. The van der Waals surface area contributed by atoms with Gasteiger partial charge in [0.15, 0.2) is 5.78 Å². The molecule has 1 aliphatic rings. The normalized spacial score (nSPS) is 18.3. The lowest BCUT2D eigenvalue weighted by Crippen LogP contribution is -2.43. The van der Waals surface area contributed by atoms with Gasteiger partial charge in [0.2, 0.25) is 5.91 Å². The van der Waals surface area contributed by atoms with Crippen molar-refractivity contribution in [3.63, 3.8) is 0 Å². The highest BCUT2D eigenvalue weighted by Crippen LogP contribution is 2.43. The molecule has 0 saturated heterocycles. The third-order valence-electron chi connectivity index (χ3n) is 5.23. The van der Waals surface area contributed by atoms with E-state index in [1.54, 1.807) is 48.3 Å². The fourth-order valence-corrected chi connectivity index (χ4v) is 4.71. The number of ketones is 1. The predicted octanol–water partition coefficient (Wildman–Crippen LogP) is 4.50. The standard InChI is InChI=1S/C23H20N2O3S/c1-14(26)15-7-5-8-16(13-15)24-22(27)20-17-9-3-4-10-18(17)23(28)25(2)21(20)19-11-6-12-29-19/h3-13,20-21H,1-2H3,(H,24,27)/t20-,21-/m1/s1. The van der Waals surface area contributed by atoms with E-state index < -0.39 is 12.0 Å². The Morgan fingerprint density at radius 3 is 2.55 bits per heavy atom. The van der Waals surface area contributed by atoms with E-state index >= 15 is 0 Å². The lowest BCUT2D eigenvalue weighted by Gasteiger charge is -2.39. The number of fused-ring (bicyclic) bond motifs is 1. The van der Waals surface area contributed by atoms with E-state index in [1.165, 1.54) is 18.3 Å². The summed E-state index contributed by atoms with van der Waals surface area (Å²) in [5.74, 6) is -0.933. The molecule has 4 rings (SSSR count). The first kappa shape index (κ1) is 19.1. The van der Waals surface area contributed by atoms with Gasteiger partial charge in [-0.15, -0.1) is 11.3 Å². The van der Waals surface area contributed by atoms with Gasteiger partial charge in [0.1, 0.15) is 0 Å². The van der Waals surface area contributed by atoms with E-state index in [1.807, 2.05) is 29.6 Å². The van der Waals surface area contributed by atoms with Crippen molar-refractivity contribution in [3.05, 3.63) is 87.6 Å². The number of benzene rings is 2. The Morgan fingerprint density at radius 2 is 1.83 bits per heavy atom. The zero-order valence-corrected chi connectivity index (χ0v) is 16.9. The molecular formula is C23H20N2O3S. The summed E-state index contributed by atoms with van der Waals surface area (Å²) in [4.78, 5) is 40.6. The van der Waals surface area contributed by atoms with Crippen molar-refractivity contribution in [1.29, 1.82) is 0 Å². The number of rotatable bonds is 4. The SMILES string of the molecule is CC(=O)c1cccc(NC(=O)[C@@H]2c3ccccc3C(=O)N(C)[C@@H]2c2cccs2)c1. The van der Waals surface area contributed by atoms with Crippen LogP contribution in [0, 0.1) is 0 Å². The minimum atomic E-state index is -0.562. The van der Waals surface area contributed by atoms with Crippen molar-refractivity contribution in [3.8, 4) is 0 Å². The first-order valence-electron chi connectivity index (χ1n) is 9.28. The molecular weight excluding hydrogens is 384 g/mol. The molecule has 0 saturated carbocycles. The van der Waals surface area contributed by atoms with Gasteiger partial charge >= 0.3 is 0 Å². The zero-order valence-electron chi connectivity index (χ0n) is 16.1. The second-order valence-electron chi connectivity index (χ2n) is 7.07. The number of carbonyl (C=O) groups is 3. The van der Waals surface area contributed by atoms with Crippen LogP contribution < -0.4 is 5.32 Å². The van der Waals surface area contributed by atoms with Crippen molar-refractivity contribution in [2.45, 2.75) is 18.9 Å². The minimum Gasteiger partial charge on any atom is -0.333 e. The Hall–Kier alpha value is -3.25. The molecule has 29 heavy (non-hydrogen) atoms. The molecule has 146 valence electrons. The van der Waals surface area contributed by atoms with Crippen LogP contribution in [-0.4, -0.2) is 29.5 Å². The van der Waals surface area contributed by atoms with E-state index in [4.69, 9.17) is 0 Å². The number of carbonyl (C=O) groups excluding carboxylic acids is 3. The van der Waals surface area contributed by atoms with Crippen molar-refractivity contribution >= 4 is 34.6 Å². The minimum absolute atomic E-state index is 0.0640. The maximum absolute atomic E-state index is 13.4. The predicted molar refractivity (Wildman–Crippen MR) is 113 cm³/mol. The van der Waals surface area contributed by atoms with Crippen LogP contribution in [0.5, 0.6) is 0 Å². The molecule has 1 aliphatic heterocycles. The Balaban J connectivity index is 1.76. The fourth-order valence-electron chi connectivity index (χ4n) is 3.81. The third kappa shape index (κ3) is 3.47. The second kappa shape index (κ2) is 7.64. The molecule has 0 spiro atoms. The van der Waals surface area contributed by atoms with E-state index in [2.05, 4.69) is 5.32 Å². The average Bonchev–Trinajstić information content (AvgIpc) is 3.25. The first-order valence-corrected chi connectivity index (χ1v) is 10.2. The highest BCUT2D eigenvalue weighted by molar-refractivity contribution is 7.10. The quantitative estimate of drug-likeness (QED) is 0.651. The number of nitrogens with zero attached hydrogens (tertiary/aromatic N) is 1. The number of amides is 2. The third-order valence-corrected chi connectivity index (χ3v) is 6.18.